The first-order valence-electron chi connectivity index (χ1n) is 6.20. The van der Waals surface area contributed by atoms with E-state index in [-0.39, 0.29) is 0 Å². The number of fused-ring (bicyclic) bond motifs is 2. The second kappa shape index (κ2) is 4.45. The van der Waals surface area contributed by atoms with Crippen LogP contribution in [0.25, 0.3) is 16.9 Å². The molecule has 0 fully saturated rings. The molecule has 3 aromatic heterocycles. The van der Waals surface area contributed by atoms with E-state index in [9.17, 15) is 0 Å². The van der Waals surface area contributed by atoms with Gasteiger partial charge in [-0.3, -0.25) is 0 Å². The van der Waals surface area contributed by atoms with E-state index < -0.39 is 0 Å². The van der Waals surface area contributed by atoms with Crippen LogP contribution in [0.15, 0.2) is 45.3 Å². The highest BCUT2D eigenvalue weighted by atomic mass is 32.2. The molecule has 0 atom stereocenters. The number of hydrogen-bond acceptors (Lipinski definition) is 7. The van der Waals surface area contributed by atoms with Crippen LogP contribution in [0.1, 0.15) is 5.69 Å². The van der Waals surface area contributed by atoms with Gasteiger partial charge >= 0.3 is 0 Å². The molecule has 2 N–H and O–H groups in total. The molecule has 0 aliphatic rings. The van der Waals surface area contributed by atoms with Gasteiger partial charge in [-0.05, 0) is 43.0 Å². The lowest BCUT2D eigenvalue weighted by Crippen LogP contribution is -1.97. The van der Waals surface area contributed by atoms with Gasteiger partial charge in [0.2, 0.25) is 0 Å². The van der Waals surface area contributed by atoms with Crippen molar-refractivity contribution >= 4 is 34.3 Å². The smallest absolute Gasteiger partial charge is 0.263 e. The van der Waals surface area contributed by atoms with Crippen molar-refractivity contribution in [2.45, 2.75) is 17.2 Å². The van der Waals surface area contributed by atoms with Gasteiger partial charge in [0.15, 0.2) is 5.58 Å². The lowest BCUT2D eigenvalue weighted by atomic mass is 10.3. The molecule has 0 radical (unpaired) electrons. The zero-order chi connectivity index (χ0) is 14.4. The van der Waals surface area contributed by atoms with E-state index in [1.165, 1.54) is 18.1 Å². The van der Waals surface area contributed by atoms with Crippen molar-refractivity contribution in [3.63, 3.8) is 0 Å². The zero-order valence-electron chi connectivity index (χ0n) is 11.0. The van der Waals surface area contributed by atoms with Gasteiger partial charge in [-0.25, -0.2) is 9.97 Å². The van der Waals surface area contributed by atoms with Gasteiger partial charge in [0.1, 0.15) is 16.9 Å². The van der Waals surface area contributed by atoms with Gasteiger partial charge in [0.25, 0.3) is 11.0 Å². The fraction of sp³-hybridized carbons (Fsp3) is 0.0769. The maximum atomic E-state index is 5.75. The van der Waals surface area contributed by atoms with Gasteiger partial charge in [0.05, 0.1) is 0 Å². The number of oxazole rings is 1. The number of nitrogens with two attached hydrogens (primary N) is 1. The molecule has 104 valence electrons. The van der Waals surface area contributed by atoms with Gasteiger partial charge in [-0.1, -0.05) is 0 Å². The molecule has 8 heteroatoms. The van der Waals surface area contributed by atoms with E-state index in [1.807, 2.05) is 19.1 Å². The quantitative estimate of drug-likeness (QED) is 0.448. The van der Waals surface area contributed by atoms with Crippen LogP contribution in [-0.2, 0) is 0 Å². The standard InChI is InChI=1S/C13H10N6OS/c1-7-4-11(19-12(17-7)15-6-16-19)21-13-18-9-5-8(14)2-3-10(9)20-13/h2-6H,14H2,1H3. The molecule has 4 aromatic rings. The van der Waals surface area contributed by atoms with Crippen LogP contribution >= 0.6 is 11.8 Å². The van der Waals surface area contributed by atoms with Crippen LogP contribution < -0.4 is 5.73 Å². The average molecular weight is 298 g/mol. The second-order valence-corrected chi connectivity index (χ2v) is 5.49. The number of nitrogens with zero attached hydrogens (tertiary/aromatic N) is 5. The Morgan fingerprint density at radius 1 is 1.24 bits per heavy atom. The molecular weight excluding hydrogens is 288 g/mol. The van der Waals surface area contributed by atoms with E-state index in [0.29, 0.717) is 22.3 Å². The van der Waals surface area contributed by atoms with E-state index in [4.69, 9.17) is 10.2 Å². The SMILES string of the molecule is Cc1cc(Sc2nc3cc(N)ccc3o2)n2ncnc2n1. The molecule has 4 rings (SSSR count). The molecule has 0 aliphatic carbocycles. The lowest BCUT2D eigenvalue weighted by molar-refractivity contribution is 0.489. The van der Waals surface area contributed by atoms with E-state index >= 15 is 0 Å². The minimum atomic E-state index is 0.526. The summed E-state index contributed by atoms with van der Waals surface area (Å²) in [6, 6.07) is 7.29. The predicted octanol–water partition coefficient (Wildman–Crippen LogP) is 2.31. The maximum absolute atomic E-state index is 5.75. The normalized spacial score (nSPS) is 11.5. The number of aryl methyl sites for hydroxylation is 1. The maximum Gasteiger partial charge on any atom is 0.263 e. The lowest BCUT2D eigenvalue weighted by Gasteiger charge is -2.01. The zero-order valence-corrected chi connectivity index (χ0v) is 11.8. The van der Waals surface area contributed by atoms with Crippen LogP contribution in [0, 0.1) is 6.92 Å². The van der Waals surface area contributed by atoms with Crippen LogP contribution in [0.5, 0.6) is 0 Å². The van der Waals surface area contributed by atoms with Crippen molar-refractivity contribution < 1.29 is 4.42 Å². The van der Waals surface area contributed by atoms with Crippen molar-refractivity contribution in [3.05, 3.63) is 36.3 Å². The van der Waals surface area contributed by atoms with E-state index in [2.05, 4.69) is 20.1 Å². The summed E-state index contributed by atoms with van der Waals surface area (Å²) in [5.74, 6) is 0.554. The van der Waals surface area contributed by atoms with Crippen LogP contribution in [0.2, 0.25) is 0 Å². The highest BCUT2D eigenvalue weighted by Gasteiger charge is 2.12. The van der Waals surface area contributed by atoms with E-state index in [1.54, 1.807) is 16.6 Å². The molecule has 0 saturated heterocycles. The Balaban J connectivity index is 1.80. The van der Waals surface area contributed by atoms with Crippen molar-refractivity contribution in [2.24, 2.45) is 0 Å². The van der Waals surface area contributed by atoms with Crippen LogP contribution in [0.4, 0.5) is 5.69 Å². The third-order valence-electron chi connectivity index (χ3n) is 2.93. The summed E-state index contributed by atoms with van der Waals surface area (Å²) >= 11 is 1.37. The number of aromatic nitrogens is 5. The first-order chi connectivity index (χ1) is 10.2. The molecule has 0 aliphatic heterocycles. The summed E-state index contributed by atoms with van der Waals surface area (Å²) in [6.07, 6.45) is 1.47. The Labute approximate surface area is 123 Å². The molecule has 0 spiro atoms. The third kappa shape index (κ3) is 2.09. The van der Waals surface area contributed by atoms with E-state index in [0.717, 1.165) is 16.2 Å². The topological polar surface area (TPSA) is 95.1 Å². The number of rotatable bonds is 2. The van der Waals surface area contributed by atoms with Crippen LogP contribution in [0.3, 0.4) is 0 Å². The molecule has 0 saturated carbocycles. The Morgan fingerprint density at radius 3 is 3.05 bits per heavy atom. The molecule has 21 heavy (non-hydrogen) atoms. The molecule has 0 unspecified atom stereocenters. The number of nitrogen functional groups attached to an aromatic ring is 1. The Hall–Kier alpha value is -2.61. The summed E-state index contributed by atoms with van der Waals surface area (Å²) in [7, 11) is 0. The summed E-state index contributed by atoms with van der Waals surface area (Å²) in [5.41, 5.74) is 8.70. The Bertz CT molecular complexity index is 960. The second-order valence-electron chi connectivity index (χ2n) is 4.52. The minimum Gasteiger partial charge on any atom is -0.431 e. The molecule has 0 amide bonds. The van der Waals surface area contributed by atoms with Gasteiger partial charge in [-0.15, -0.1) is 0 Å². The molecular formula is C13H10N6OS. The number of hydrogen-bond donors (Lipinski definition) is 1. The van der Waals surface area contributed by atoms with Crippen LogP contribution in [-0.4, -0.2) is 24.6 Å². The minimum absolute atomic E-state index is 0.526. The predicted molar refractivity (Wildman–Crippen MR) is 78.1 cm³/mol. The first-order valence-corrected chi connectivity index (χ1v) is 7.02. The number of benzene rings is 1. The number of anilines is 1. The third-order valence-corrected chi connectivity index (χ3v) is 3.78. The Morgan fingerprint density at radius 2 is 2.14 bits per heavy atom. The fourth-order valence-corrected chi connectivity index (χ4v) is 2.93. The highest BCUT2D eigenvalue weighted by Crippen LogP contribution is 2.30. The first kappa shape index (κ1) is 12.2. The molecule has 3 heterocycles. The van der Waals surface area contributed by atoms with Crippen molar-refractivity contribution in [1.82, 2.24) is 24.6 Å². The fourth-order valence-electron chi connectivity index (χ4n) is 2.03. The van der Waals surface area contributed by atoms with Gasteiger partial charge in [-0.2, -0.15) is 14.6 Å². The monoisotopic (exact) mass is 298 g/mol. The van der Waals surface area contributed by atoms with Crippen molar-refractivity contribution in [2.75, 3.05) is 5.73 Å². The molecule has 7 nitrogen and oxygen atoms in total. The molecule has 1 aromatic carbocycles. The molecule has 0 bridgehead atoms. The van der Waals surface area contributed by atoms with Gasteiger partial charge < -0.3 is 10.2 Å². The van der Waals surface area contributed by atoms with Gasteiger partial charge in [0, 0.05) is 11.4 Å². The van der Waals surface area contributed by atoms with Crippen molar-refractivity contribution in [1.29, 1.82) is 0 Å². The largest absolute Gasteiger partial charge is 0.431 e. The highest BCUT2D eigenvalue weighted by molar-refractivity contribution is 7.99. The summed E-state index contributed by atoms with van der Waals surface area (Å²) in [6.45, 7) is 1.91. The summed E-state index contributed by atoms with van der Waals surface area (Å²) in [5, 5.41) is 5.52. The summed E-state index contributed by atoms with van der Waals surface area (Å²) < 4.78 is 7.36. The van der Waals surface area contributed by atoms with Crippen molar-refractivity contribution in [3.8, 4) is 0 Å². The summed E-state index contributed by atoms with van der Waals surface area (Å²) in [4.78, 5) is 12.8. The Kier molecular flexibility index (Phi) is 2.58. The average Bonchev–Trinajstić information content (AvgIpc) is 3.03.